The fraction of sp³-hybridized carbons (Fsp3) is 0.222. The maximum atomic E-state index is 13.8. The fourth-order valence-electron chi connectivity index (χ4n) is 4.73. The summed E-state index contributed by atoms with van der Waals surface area (Å²) in [4.78, 5) is 42.4. The summed E-state index contributed by atoms with van der Waals surface area (Å²) < 4.78 is 0. The first-order valence-electron chi connectivity index (χ1n) is 11.3. The molecule has 0 atom stereocenters. The lowest BCUT2D eigenvalue weighted by Crippen LogP contribution is -2.37. The number of benzene rings is 3. The average Bonchev–Trinajstić information content (AvgIpc) is 3.09. The number of fused-ring (bicyclic) bond motifs is 1. The Morgan fingerprint density at radius 2 is 1.52 bits per heavy atom. The molecule has 0 spiro atoms. The first-order chi connectivity index (χ1) is 16.0. The Morgan fingerprint density at radius 1 is 0.818 bits per heavy atom. The van der Waals surface area contributed by atoms with E-state index in [4.69, 9.17) is 0 Å². The Balaban J connectivity index is 1.62. The van der Waals surface area contributed by atoms with E-state index in [9.17, 15) is 14.4 Å². The van der Waals surface area contributed by atoms with Gasteiger partial charge < -0.3 is 10.2 Å². The molecule has 5 rings (SSSR count). The first kappa shape index (κ1) is 20.9. The Bertz CT molecular complexity index is 1280. The van der Waals surface area contributed by atoms with Gasteiger partial charge in [0.05, 0.1) is 11.3 Å². The summed E-state index contributed by atoms with van der Waals surface area (Å²) in [5, 5.41) is 4.58. The maximum absolute atomic E-state index is 13.8. The zero-order valence-electron chi connectivity index (χ0n) is 18.5. The number of imide groups is 1. The molecule has 0 bridgehead atoms. The van der Waals surface area contributed by atoms with Gasteiger partial charge in [-0.25, -0.2) is 4.90 Å². The topological polar surface area (TPSA) is 69.7 Å². The molecule has 3 amide bonds. The van der Waals surface area contributed by atoms with Crippen molar-refractivity contribution in [2.75, 3.05) is 23.3 Å². The molecule has 33 heavy (non-hydrogen) atoms. The Morgan fingerprint density at radius 3 is 2.24 bits per heavy atom. The third-order valence-electron chi connectivity index (χ3n) is 6.23. The van der Waals surface area contributed by atoms with Crippen LogP contribution in [0.5, 0.6) is 0 Å². The summed E-state index contributed by atoms with van der Waals surface area (Å²) in [6.45, 7) is 2.96. The lowest BCUT2D eigenvalue weighted by Gasteiger charge is -2.29. The van der Waals surface area contributed by atoms with Crippen molar-refractivity contribution >= 4 is 45.4 Å². The number of rotatable bonds is 4. The number of hydrogen-bond acceptors (Lipinski definition) is 4. The second-order valence-corrected chi connectivity index (χ2v) is 8.47. The second-order valence-electron chi connectivity index (χ2n) is 8.47. The van der Waals surface area contributed by atoms with E-state index in [0.717, 1.165) is 43.1 Å². The summed E-state index contributed by atoms with van der Waals surface area (Å²) >= 11 is 0. The number of carbonyl (C=O) groups excluding carboxylic acids is 3. The lowest BCUT2D eigenvalue weighted by molar-refractivity contribution is -0.121. The summed E-state index contributed by atoms with van der Waals surface area (Å²) in [6.07, 6.45) is 3.11. The molecule has 166 valence electrons. The fourth-order valence-corrected chi connectivity index (χ4v) is 4.73. The van der Waals surface area contributed by atoms with E-state index in [-0.39, 0.29) is 17.7 Å². The van der Waals surface area contributed by atoms with Crippen molar-refractivity contribution in [1.82, 2.24) is 4.90 Å². The Hall–Kier alpha value is -3.93. The molecule has 3 aromatic carbocycles. The van der Waals surface area contributed by atoms with Crippen LogP contribution in [-0.2, 0) is 14.4 Å². The molecule has 2 aliphatic rings. The number of piperidine rings is 1. The van der Waals surface area contributed by atoms with Gasteiger partial charge >= 0.3 is 0 Å². The molecule has 6 nitrogen and oxygen atoms in total. The highest BCUT2D eigenvalue weighted by Gasteiger charge is 2.43. The maximum Gasteiger partial charge on any atom is 0.282 e. The van der Waals surface area contributed by atoms with Crippen LogP contribution < -0.4 is 10.2 Å². The molecule has 0 saturated carbocycles. The van der Waals surface area contributed by atoms with Crippen LogP contribution in [0.15, 0.2) is 72.4 Å². The van der Waals surface area contributed by atoms with Crippen molar-refractivity contribution in [3.05, 3.63) is 78.0 Å². The molecular weight excluding hydrogens is 414 g/mol. The van der Waals surface area contributed by atoms with Gasteiger partial charge in [0, 0.05) is 31.1 Å². The number of nitrogens with one attached hydrogen (secondary N) is 1. The molecule has 2 aliphatic heterocycles. The van der Waals surface area contributed by atoms with Crippen molar-refractivity contribution in [1.29, 1.82) is 0 Å². The molecule has 6 heteroatoms. The van der Waals surface area contributed by atoms with Gasteiger partial charge in [0.15, 0.2) is 0 Å². The molecule has 0 radical (unpaired) electrons. The molecular formula is C27H25N3O3. The van der Waals surface area contributed by atoms with Crippen molar-refractivity contribution in [3.8, 4) is 0 Å². The van der Waals surface area contributed by atoms with Gasteiger partial charge in [-0.1, -0.05) is 48.5 Å². The van der Waals surface area contributed by atoms with E-state index < -0.39 is 0 Å². The third kappa shape index (κ3) is 3.78. The minimum atomic E-state index is -0.316. The number of hydrogen-bond donors (Lipinski definition) is 1. The molecule has 0 unspecified atom stereocenters. The Labute approximate surface area is 192 Å². The van der Waals surface area contributed by atoms with Crippen LogP contribution in [0.3, 0.4) is 0 Å². The zero-order valence-corrected chi connectivity index (χ0v) is 18.5. The number of nitrogens with zero attached hydrogens (tertiary/aromatic N) is 2. The predicted octanol–water partition coefficient (Wildman–Crippen LogP) is 4.57. The van der Waals surface area contributed by atoms with Crippen LogP contribution in [-0.4, -0.2) is 35.7 Å². The van der Waals surface area contributed by atoms with E-state index in [1.54, 1.807) is 24.3 Å². The van der Waals surface area contributed by atoms with Gasteiger partial charge in [-0.3, -0.25) is 14.4 Å². The number of anilines is 2. The molecule has 1 saturated heterocycles. The van der Waals surface area contributed by atoms with E-state index in [1.165, 1.54) is 11.8 Å². The van der Waals surface area contributed by atoms with E-state index >= 15 is 0 Å². The molecule has 1 fully saturated rings. The highest BCUT2D eigenvalue weighted by Crippen LogP contribution is 2.38. The van der Waals surface area contributed by atoms with Crippen molar-refractivity contribution in [2.24, 2.45) is 0 Å². The van der Waals surface area contributed by atoms with Gasteiger partial charge in [-0.2, -0.15) is 0 Å². The number of carbonyl (C=O) groups is 3. The minimum absolute atomic E-state index is 0.162. The van der Waals surface area contributed by atoms with Crippen molar-refractivity contribution < 1.29 is 14.4 Å². The SMILES string of the molecule is CC(=O)Nc1ccc(C2=C(N3CCCCC3)C(=O)N(c3cccc4ccccc34)C2=O)cc1. The standard InChI is InChI=1S/C27H25N3O3/c1-18(31)28-21-14-12-20(13-15-21)24-25(29-16-5-2-6-17-29)27(33)30(26(24)32)23-11-7-9-19-8-3-4-10-22(19)23/h3-4,7-15H,2,5-6,16-17H2,1H3,(H,28,31). The van der Waals surface area contributed by atoms with Crippen molar-refractivity contribution in [3.63, 3.8) is 0 Å². The van der Waals surface area contributed by atoms with E-state index in [1.807, 2.05) is 42.5 Å². The Kier molecular flexibility index (Phi) is 5.42. The highest BCUT2D eigenvalue weighted by atomic mass is 16.2. The van der Waals surface area contributed by atoms with Crippen LogP contribution in [0.1, 0.15) is 31.7 Å². The van der Waals surface area contributed by atoms with Gasteiger partial charge in [-0.15, -0.1) is 0 Å². The number of likely N-dealkylation sites (tertiary alicyclic amines) is 1. The summed E-state index contributed by atoms with van der Waals surface area (Å²) in [5.41, 5.74) is 2.81. The molecule has 3 aromatic rings. The summed E-state index contributed by atoms with van der Waals surface area (Å²) in [6, 6.07) is 20.6. The smallest absolute Gasteiger partial charge is 0.282 e. The normalized spacial score (nSPS) is 16.6. The molecule has 1 N–H and O–H groups in total. The minimum Gasteiger partial charge on any atom is -0.366 e. The third-order valence-corrected chi connectivity index (χ3v) is 6.23. The van der Waals surface area contributed by atoms with Crippen LogP contribution in [0, 0.1) is 0 Å². The van der Waals surface area contributed by atoms with Gasteiger partial charge in [0.25, 0.3) is 11.8 Å². The van der Waals surface area contributed by atoms with Gasteiger partial charge in [-0.05, 0) is 48.4 Å². The zero-order chi connectivity index (χ0) is 22.9. The van der Waals surface area contributed by atoms with Crippen LogP contribution in [0.4, 0.5) is 11.4 Å². The predicted molar refractivity (Wildman–Crippen MR) is 130 cm³/mol. The molecule has 0 aromatic heterocycles. The van der Waals surface area contributed by atoms with Crippen LogP contribution in [0.25, 0.3) is 16.3 Å². The van der Waals surface area contributed by atoms with Gasteiger partial charge in [0.2, 0.25) is 5.91 Å². The second kappa shape index (κ2) is 8.54. The van der Waals surface area contributed by atoms with Gasteiger partial charge in [0.1, 0.15) is 5.70 Å². The summed E-state index contributed by atoms with van der Waals surface area (Å²) in [5.74, 6) is -0.756. The molecule has 0 aliphatic carbocycles. The van der Waals surface area contributed by atoms with E-state index in [0.29, 0.717) is 28.2 Å². The van der Waals surface area contributed by atoms with Crippen LogP contribution in [0.2, 0.25) is 0 Å². The van der Waals surface area contributed by atoms with Crippen LogP contribution >= 0.6 is 0 Å². The monoisotopic (exact) mass is 439 g/mol. The van der Waals surface area contributed by atoms with E-state index in [2.05, 4.69) is 10.2 Å². The quantitative estimate of drug-likeness (QED) is 0.605. The number of amides is 3. The first-order valence-corrected chi connectivity index (χ1v) is 11.3. The average molecular weight is 440 g/mol. The van der Waals surface area contributed by atoms with Crippen molar-refractivity contribution in [2.45, 2.75) is 26.2 Å². The largest absolute Gasteiger partial charge is 0.366 e. The lowest BCUT2D eigenvalue weighted by atomic mass is 10.0. The summed E-state index contributed by atoms with van der Waals surface area (Å²) in [7, 11) is 0. The highest BCUT2D eigenvalue weighted by molar-refractivity contribution is 6.46. The molecule has 2 heterocycles.